The van der Waals surface area contributed by atoms with Gasteiger partial charge in [-0.2, -0.15) is 0 Å². The van der Waals surface area contributed by atoms with Crippen molar-refractivity contribution in [1.82, 2.24) is 20.1 Å². The van der Waals surface area contributed by atoms with Gasteiger partial charge in [-0.1, -0.05) is 78.5 Å². The molecule has 2 aromatic heterocycles. The minimum absolute atomic E-state index is 0.0178. The fraction of sp³-hybridized carbons (Fsp3) is 0.240. The maximum absolute atomic E-state index is 13.2. The van der Waals surface area contributed by atoms with E-state index in [-0.39, 0.29) is 17.2 Å². The van der Waals surface area contributed by atoms with E-state index < -0.39 is 0 Å². The normalized spacial score (nSPS) is 14.4. The quantitative estimate of drug-likeness (QED) is 0.341. The molecule has 4 aromatic rings. The van der Waals surface area contributed by atoms with Crippen molar-refractivity contribution >= 4 is 29.0 Å². The molecule has 2 aromatic carbocycles. The first-order valence-electron chi connectivity index (χ1n) is 10.8. The third-order valence-corrected chi connectivity index (χ3v) is 7.44. The van der Waals surface area contributed by atoms with Crippen molar-refractivity contribution < 1.29 is 4.79 Å². The zero-order valence-electron chi connectivity index (χ0n) is 17.7. The molecule has 0 unspecified atom stereocenters. The maximum Gasteiger partial charge on any atom is 0.234 e. The standard InChI is InChI=1S/C25H24N4OS2/c1-17(32-25-28-27-23(21-13-8-16-31-21)29(25)20-14-15-20)24(30)26-22(18-9-4-2-5-10-18)19-11-6-3-7-12-19/h2-13,16-17,20,22H,14-15H2,1H3,(H,26,30)/t17-/m1/s1. The van der Waals surface area contributed by atoms with Crippen LogP contribution < -0.4 is 5.32 Å². The average molecular weight is 461 g/mol. The Morgan fingerprint density at radius 2 is 1.66 bits per heavy atom. The van der Waals surface area contributed by atoms with Crippen molar-refractivity contribution in [2.75, 3.05) is 0 Å². The van der Waals surface area contributed by atoms with Gasteiger partial charge >= 0.3 is 0 Å². The second-order valence-corrected chi connectivity index (χ2v) is 10.2. The van der Waals surface area contributed by atoms with Crippen molar-refractivity contribution in [3.63, 3.8) is 0 Å². The van der Waals surface area contributed by atoms with Crippen LogP contribution >= 0.6 is 23.1 Å². The summed E-state index contributed by atoms with van der Waals surface area (Å²) in [6, 6.07) is 24.5. The predicted molar refractivity (Wildman–Crippen MR) is 130 cm³/mol. The van der Waals surface area contributed by atoms with E-state index in [9.17, 15) is 4.79 Å². The lowest BCUT2D eigenvalue weighted by atomic mass is 9.98. The Kier molecular flexibility index (Phi) is 6.10. The molecule has 0 saturated heterocycles. The first-order chi connectivity index (χ1) is 15.7. The zero-order chi connectivity index (χ0) is 21.9. The predicted octanol–water partition coefficient (Wildman–Crippen LogP) is 5.73. The second-order valence-electron chi connectivity index (χ2n) is 7.91. The summed E-state index contributed by atoms with van der Waals surface area (Å²) in [7, 11) is 0. The summed E-state index contributed by atoms with van der Waals surface area (Å²) in [5.74, 6) is 0.889. The highest BCUT2D eigenvalue weighted by molar-refractivity contribution is 8.00. The molecule has 1 aliphatic carbocycles. The Bertz CT molecular complexity index is 1130. The maximum atomic E-state index is 13.2. The third kappa shape index (κ3) is 4.49. The van der Waals surface area contributed by atoms with Crippen LogP contribution in [0.2, 0.25) is 0 Å². The Morgan fingerprint density at radius 3 is 2.22 bits per heavy atom. The molecular formula is C25H24N4OS2. The van der Waals surface area contributed by atoms with Crippen molar-refractivity contribution in [1.29, 1.82) is 0 Å². The molecule has 1 aliphatic rings. The molecule has 1 amide bonds. The molecule has 0 bridgehead atoms. The minimum Gasteiger partial charge on any atom is -0.344 e. The van der Waals surface area contributed by atoms with Crippen LogP contribution in [0.1, 0.15) is 43.0 Å². The van der Waals surface area contributed by atoms with Gasteiger partial charge in [0.05, 0.1) is 16.2 Å². The van der Waals surface area contributed by atoms with E-state index in [2.05, 4.69) is 31.5 Å². The summed E-state index contributed by atoms with van der Waals surface area (Å²) in [6.45, 7) is 1.93. The molecule has 1 saturated carbocycles. The summed E-state index contributed by atoms with van der Waals surface area (Å²) >= 11 is 3.14. The summed E-state index contributed by atoms with van der Waals surface area (Å²) in [6.07, 6.45) is 2.27. The molecule has 7 heteroatoms. The Hall–Kier alpha value is -2.90. The highest BCUT2D eigenvalue weighted by atomic mass is 32.2. The molecule has 5 rings (SSSR count). The van der Waals surface area contributed by atoms with Crippen LogP contribution in [0.25, 0.3) is 10.7 Å². The van der Waals surface area contributed by atoms with Gasteiger partial charge in [0.25, 0.3) is 0 Å². The molecule has 32 heavy (non-hydrogen) atoms. The smallest absolute Gasteiger partial charge is 0.234 e. The second kappa shape index (κ2) is 9.30. The first kappa shape index (κ1) is 21.0. The van der Waals surface area contributed by atoms with Crippen LogP contribution in [-0.4, -0.2) is 25.9 Å². The van der Waals surface area contributed by atoms with Crippen molar-refractivity contribution in [2.24, 2.45) is 0 Å². The number of carbonyl (C=O) groups excluding carboxylic acids is 1. The fourth-order valence-electron chi connectivity index (χ4n) is 3.71. The van der Waals surface area contributed by atoms with Crippen LogP contribution in [0.4, 0.5) is 0 Å². The monoisotopic (exact) mass is 460 g/mol. The minimum atomic E-state index is -0.303. The van der Waals surface area contributed by atoms with Crippen LogP contribution in [0, 0.1) is 0 Å². The average Bonchev–Trinajstić information content (AvgIpc) is 3.35. The number of nitrogens with one attached hydrogen (secondary N) is 1. The third-order valence-electron chi connectivity index (χ3n) is 5.52. The van der Waals surface area contributed by atoms with Gasteiger partial charge in [0.2, 0.25) is 5.91 Å². The van der Waals surface area contributed by atoms with Gasteiger partial charge in [-0.3, -0.25) is 9.36 Å². The number of nitrogens with zero attached hydrogens (tertiary/aromatic N) is 3. The van der Waals surface area contributed by atoms with Crippen molar-refractivity contribution in [2.45, 2.75) is 42.3 Å². The van der Waals surface area contributed by atoms with Crippen molar-refractivity contribution in [3.05, 3.63) is 89.3 Å². The lowest BCUT2D eigenvalue weighted by Gasteiger charge is -2.22. The number of hydrogen-bond donors (Lipinski definition) is 1. The van der Waals surface area contributed by atoms with Crippen LogP contribution in [-0.2, 0) is 4.79 Å². The number of benzene rings is 2. The number of hydrogen-bond acceptors (Lipinski definition) is 5. The number of carbonyl (C=O) groups is 1. The number of rotatable bonds is 8. The molecule has 0 radical (unpaired) electrons. The van der Waals surface area contributed by atoms with Gasteiger partial charge in [-0.05, 0) is 42.3 Å². The van der Waals surface area contributed by atoms with Crippen LogP contribution in [0.3, 0.4) is 0 Å². The topological polar surface area (TPSA) is 59.8 Å². The van der Waals surface area contributed by atoms with Gasteiger partial charge in [-0.25, -0.2) is 0 Å². The molecule has 1 fully saturated rings. The van der Waals surface area contributed by atoms with Crippen molar-refractivity contribution in [3.8, 4) is 10.7 Å². The van der Waals surface area contributed by atoms with E-state index in [0.717, 1.165) is 39.8 Å². The molecule has 5 nitrogen and oxygen atoms in total. The molecule has 2 heterocycles. The molecule has 162 valence electrons. The molecule has 0 aliphatic heterocycles. The lowest BCUT2D eigenvalue weighted by molar-refractivity contribution is -0.120. The number of amides is 1. The molecule has 1 atom stereocenters. The largest absolute Gasteiger partial charge is 0.344 e. The fourth-order valence-corrected chi connectivity index (χ4v) is 5.35. The van der Waals surface area contributed by atoms with Gasteiger partial charge in [0, 0.05) is 6.04 Å². The summed E-state index contributed by atoms with van der Waals surface area (Å²) < 4.78 is 2.21. The summed E-state index contributed by atoms with van der Waals surface area (Å²) in [5, 5.41) is 14.7. The van der Waals surface area contributed by atoms with E-state index in [4.69, 9.17) is 0 Å². The first-order valence-corrected chi connectivity index (χ1v) is 12.5. The van der Waals surface area contributed by atoms with E-state index in [1.165, 1.54) is 11.8 Å². The molecule has 1 N–H and O–H groups in total. The van der Waals surface area contributed by atoms with Gasteiger partial charge in [-0.15, -0.1) is 21.5 Å². The van der Waals surface area contributed by atoms with Crippen LogP contribution in [0.5, 0.6) is 0 Å². The van der Waals surface area contributed by atoms with E-state index >= 15 is 0 Å². The number of aromatic nitrogens is 3. The van der Waals surface area contributed by atoms with Gasteiger partial charge < -0.3 is 5.32 Å². The highest BCUT2D eigenvalue weighted by Crippen LogP contribution is 2.42. The van der Waals surface area contributed by atoms with Gasteiger partial charge in [0.15, 0.2) is 11.0 Å². The summed E-state index contributed by atoms with van der Waals surface area (Å²) in [4.78, 5) is 14.4. The lowest BCUT2D eigenvalue weighted by Crippen LogP contribution is -2.35. The molecular weight excluding hydrogens is 436 g/mol. The van der Waals surface area contributed by atoms with Crippen LogP contribution in [0.15, 0.2) is 83.3 Å². The molecule has 0 spiro atoms. The van der Waals surface area contributed by atoms with E-state index in [0.29, 0.717) is 6.04 Å². The van der Waals surface area contributed by atoms with E-state index in [1.54, 1.807) is 11.3 Å². The SMILES string of the molecule is C[C@@H](Sc1nnc(-c2cccs2)n1C1CC1)C(=O)NC(c1ccccc1)c1ccccc1. The number of thiophene rings is 1. The Balaban J connectivity index is 1.36. The Labute approximate surface area is 195 Å². The van der Waals surface area contributed by atoms with E-state index in [1.807, 2.05) is 73.7 Å². The van der Waals surface area contributed by atoms with Gasteiger partial charge in [0.1, 0.15) is 0 Å². The summed E-state index contributed by atoms with van der Waals surface area (Å²) in [5.41, 5.74) is 2.12. The highest BCUT2D eigenvalue weighted by Gasteiger charge is 2.32. The Morgan fingerprint density at radius 1 is 1.00 bits per heavy atom. The zero-order valence-corrected chi connectivity index (χ0v) is 19.4. The number of thioether (sulfide) groups is 1.